The van der Waals surface area contributed by atoms with Gasteiger partial charge in [-0.1, -0.05) is 30.3 Å². The summed E-state index contributed by atoms with van der Waals surface area (Å²) in [6, 6.07) is 22.0. The number of benzene rings is 3. The first-order chi connectivity index (χ1) is 20.5. The summed E-state index contributed by atoms with van der Waals surface area (Å²) >= 11 is 1.28. The first kappa shape index (κ1) is 28.1. The van der Waals surface area contributed by atoms with Crippen LogP contribution in [0, 0.1) is 0 Å². The molecule has 212 valence electrons. The van der Waals surface area contributed by atoms with Crippen molar-refractivity contribution in [2.75, 3.05) is 13.4 Å². The predicted octanol–water partition coefficient (Wildman–Crippen LogP) is 5.02. The first-order valence-corrected chi connectivity index (χ1v) is 13.7. The molecule has 11 heteroatoms. The zero-order valence-electron chi connectivity index (χ0n) is 22.4. The molecule has 5 rings (SSSR count). The van der Waals surface area contributed by atoms with Crippen LogP contribution in [0.5, 0.6) is 23.0 Å². The number of thiophene rings is 1. The van der Waals surface area contributed by atoms with E-state index in [1.165, 1.54) is 23.6 Å². The highest BCUT2D eigenvalue weighted by Gasteiger charge is 2.17. The van der Waals surface area contributed by atoms with Crippen molar-refractivity contribution >= 4 is 41.4 Å². The molecule has 0 unspecified atom stereocenters. The van der Waals surface area contributed by atoms with E-state index in [-0.39, 0.29) is 18.2 Å². The largest absolute Gasteiger partial charge is 0.490 e. The summed E-state index contributed by atoms with van der Waals surface area (Å²) in [4.78, 5) is 38.9. The number of nitrogens with zero attached hydrogens (tertiary/aromatic N) is 1. The second-order valence-corrected chi connectivity index (χ2v) is 9.64. The molecule has 0 spiro atoms. The van der Waals surface area contributed by atoms with Crippen LogP contribution in [0.2, 0.25) is 0 Å². The van der Waals surface area contributed by atoms with Gasteiger partial charge in [0.25, 0.3) is 11.8 Å². The third-order valence-corrected chi connectivity index (χ3v) is 6.66. The van der Waals surface area contributed by atoms with Crippen molar-refractivity contribution in [2.45, 2.75) is 6.92 Å². The van der Waals surface area contributed by atoms with Crippen LogP contribution in [0.25, 0.3) is 6.08 Å². The maximum absolute atomic E-state index is 13.2. The molecule has 42 heavy (non-hydrogen) atoms. The normalized spacial score (nSPS) is 12.2. The number of carbonyl (C=O) groups is 3. The fraction of sp³-hybridized carbons (Fsp3) is 0.0968. The SMILES string of the molecule is CCOc1cc(C=NNC(=O)C(=Cc2ccc3c(c2)OCO3)NC(=O)c2ccccc2)ccc1OC(=O)c1cccs1. The molecule has 0 fully saturated rings. The molecule has 0 bridgehead atoms. The number of carbonyl (C=O) groups excluding carboxylic acids is 3. The van der Waals surface area contributed by atoms with Crippen molar-refractivity contribution in [3.8, 4) is 23.0 Å². The summed E-state index contributed by atoms with van der Waals surface area (Å²) in [5.74, 6) is 0.125. The van der Waals surface area contributed by atoms with E-state index in [1.54, 1.807) is 84.2 Å². The number of amides is 2. The van der Waals surface area contributed by atoms with Gasteiger partial charge in [-0.25, -0.2) is 10.2 Å². The Labute approximate surface area is 245 Å². The Balaban J connectivity index is 1.32. The second-order valence-electron chi connectivity index (χ2n) is 8.70. The van der Waals surface area contributed by atoms with Crippen molar-refractivity contribution in [1.29, 1.82) is 0 Å². The zero-order chi connectivity index (χ0) is 29.3. The molecule has 2 heterocycles. The molecule has 1 aliphatic heterocycles. The molecule has 0 atom stereocenters. The number of hydrogen-bond acceptors (Lipinski definition) is 9. The van der Waals surface area contributed by atoms with E-state index in [2.05, 4.69) is 15.8 Å². The quantitative estimate of drug-likeness (QED) is 0.0884. The molecule has 1 aromatic heterocycles. The van der Waals surface area contributed by atoms with Crippen LogP contribution < -0.4 is 29.7 Å². The molecule has 0 radical (unpaired) electrons. The predicted molar refractivity (Wildman–Crippen MR) is 157 cm³/mol. The molecule has 0 saturated heterocycles. The van der Waals surface area contributed by atoms with E-state index in [9.17, 15) is 14.4 Å². The van der Waals surface area contributed by atoms with Gasteiger partial charge in [-0.15, -0.1) is 11.3 Å². The van der Waals surface area contributed by atoms with Crippen molar-refractivity contribution in [3.05, 3.63) is 112 Å². The summed E-state index contributed by atoms with van der Waals surface area (Å²) in [6.07, 6.45) is 2.92. The highest BCUT2D eigenvalue weighted by atomic mass is 32.1. The minimum atomic E-state index is -0.653. The Morgan fingerprint density at radius 1 is 0.929 bits per heavy atom. The lowest BCUT2D eigenvalue weighted by molar-refractivity contribution is -0.117. The highest BCUT2D eigenvalue weighted by Crippen LogP contribution is 2.33. The maximum atomic E-state index is 13.2. The van der Waals surface area contributed by atoms with Crippen LogP contribution in [0.3, 0.4) is 0 Å². The third kappa shape index (κ3) is 7.01. The van der Waals surface area contributed by atoms with Gasteiger partial charge in [0.15, 0.2) is 23.0 Å². The smallest absolute Gasteiger partial charge is 0.353 e. The van der Waals surface area contributed by atoms with Crippen LogP contribution in [0.1, 0.15) is 38.1 Å². The fourth-order valence-electron chi connectivity index (χ4n) is 3.84. The Bertz CT molecular complexity index is 1650. The van der Waals surface area contributed by atoms with E-state index in [0.29, 0.717) is 45.4 Å². The summed E-state index contributed by atoms with van der Waals surface area (Å²) in [6.45, 7) is 2.26. The van der Waals surface area contributed by atoms with Gasteiger partial charge < -0.3 is 24.3 Å². The average Bonchev–Trinajstić information content (AvgIpc) is 3.71. The Morgan fingerprint density at radius 3 is 2.52 bits per heavy atom. The average molecular weight is 584 g/mol. The monoisotopic (exact) mass is 583 g/mol. The lowest BCUT2D eigenvalue weighted by atomic mass is 10.1. The lowest BCUT2D eigenvalue weighted by Gasteiger charge is -2.11. The lowest BCUT2D eigenvalue weighted by Crippen LogP contribution is -2.32. The maximum Gasteiger partial charge on any atom is 0.353 e. The van der Waals surface area contributed by atoms with Crippen LogP contribution in [-0.4, -0.2) is 37.4 Å². The summed E-state index contributed by atoms with van der Waals surface area (Å²) in [7, 11) is 0. The molecule has 0 aliphatic carbocycles. The van der Waals surface area contributed by atoms with E-state index in [4.69, 9.17) is 18.9 Å². The van der Waals surface area contributed by atoms with Crippen LogP contribution in [0.4, 0.5) is 0 Å². The van der Waals surface area contributed by atoms with Gasteiger partial charge >= 0.3 is 5.97 Å². The summed E-state index contributed by atoms with van der Waals surface area (Å²) < 4.78 is 21.9. The van der Waals surface area contributed by atoms with E-state index in [1.807, 2.05) is 6.92 Å². The fourth-order valence-corrected chi connectivity index (χ4v) is 4.44. The molecule has 4 aromatic rings. The summed E-state index contributed by atoms with van der Waals surface area (Å²) in [5.41, 5.74) is 3.97. The Hall–Kier alpha value is -5.42. The number of fused-ring (bicyclic) bond motifs is 1. The standard InChI is InChI=1S/C31H25N3O7S/c1-2-38-27-17-21(11-13-25(27)41-31(37)28-9-6-14-42-28)18-32-34-30(36)23(33-29(35)22-7-4-3-5-8-22)15-20-10-12-24-26(16-20)40-19-39-24/h3-18H,2,19H2,1H3,(H,33,35)(H,34,36). The molecule has 2 amide bonds. The Kier molecular flexibility index (Phi) is 8.90. The van der Waals surface area contributed by atoms with Gasteiger partial charge in [0, 0.05) is 5.56 Å². The van der Waals surface area contributed by atoms with Crippen LogP contribution in [0.15, 0.2) is 95.0 Å². The topological polar surface area (TPSA) is 125 Å². The second kappa shape index (κ2) is 13.3. The minimum absolute atomic E-state index is 0.0364. The zero-order valence-corrected chi connectivity index (χ0v) is 23.2. The Morgan fingerprint density at radius 2 is 1.74 bits per heavy atom. The highest BCUT2D eigenvalue weighted by molar-refractivity contribution is 7.12. The van der Waals surface area contributed by atoms with Crippen LogP contribution in [-0.2, 0) is 4.79 Å². The van der Waals surface area contributed by atoms with Crippen molar-refractivity contribution in [2.24, 2.45) is 5.10 Å². The van der Waals surface area contributed by atoms with E-state index >= 15 is 0 Å². The van der Waals surface area contributed by atoms with Crippen molar-refractivity contribution < 1.29 is 33.3 Å². The first-order valence-electron chi connectivity index (χ1n) is 12.8. The number of hydrogen-bond donors (Lipinski definition) is 2. The number of nitrogens with one attached hydrogen (secondary N) is 2. The van der Waals surface area contributed by atoms with Gasteiger partial charge in [-0.2, -0.15) is 5.10 Å². The van der Waals surface area contributed by atoms with Gasteiger partial charge in [0.2, 0.25) is 6.79 Å². The van der Waals surface area contributed by atoms with Gasteiger partial charge in [-0.3, -0.25) is 9.59 Å². The van der Waals surface area contributed by atoms with Crippen molar-refractivity contribution in [1.82, 2.24) is 10.7 Å². The molecular formula is C31H25N3O7S. The van der Waals surface area contributed by atoms with Gasteiger partial charge in [-0.05, 0) is 78.0 Å². The molecule has 10 nitrogen and oxygen atoms in total. The summed E-state index contributed by atoms with van der Waals surface area (Å²) in [5, 5.41) is 8.50. The molecule has 3 aromatic carbocycles. The van der Waals surface area contributed by atoms with Crippen molar-refractivity contribution in [3.63, 3.8) is 0 Å². The van der Waals surface area contributed by atoms with E-state index in [0.717, 1.165) is 0 Å². The molecule has 1 aliphatic rings. The van der Waals surface area contributed by atoms with E-state index < -0.39 is 17.8 Å². The minimum Gasteiger partial charge on any atom is -0.490 e. The van der Waals surface area contributed by atoms with Gasteiger partial charge in [0.1, 0.15) is 10.6 Å². The molecule has 2 N–H and O–H groups in total. The van der Waals surface area contributed by atoms with Crippen LogP contribution >= 0.6 is 11.3 Å². The number of hydrazone groups is 1. The third-order valence-electron chi connectivity index (χ3n) is 5.81. The molecular weight excluding hydrogens is 558 g/mol. The molecule has 0 saturated carbocycles. The number of esters is 1. The number of rotatable bonds is 10. The van der Waals surface area contributed by atoms with Gasteiger partial charge in [0.05, 0.1) is 12.8 Å². The number of ether oxygens (including phenoxy) is 4.